The summed E-state index contributed by atoms with van der Waals surface area (Å²) in [4.78, 5) is 13.0. The molecule has 0 unspecified atom stereocenters. The number of hydrogen-bond donors (Lipinski definition) is 2. The number of anilines is 2. The van der Waals surface area contributed by atoms with E-state index in [0.29, 0.717) is 10.6 Å². The van der Waals surface area contributed by atoms with Crippen LogP contribution in [0.1, 0.15) is 20.8 Å². The van der Waals surface area contributed by atoms with Crippen molar-refractivity contribution in [3.8, 4) is 0 Å². The predicted molar refractivity (Wildman–Crippen MR) is 90.1 cm³/mol. The van der Waals surface area contributed by atoms with Crippen molar-refractivity contribution in [1.29, 1.82) is 0 Å². The monoisotopic (exact) mass is 296 g/mol. The molecule has 0 bridgehead atoms. The minimum absolute atomic E-state index is 0.156. The quantitative estimate of drug-likeness (QED) is 0.738. The largest absolute Gasteiger partial charge is 0.397 e. The molecule has 106 valence electrons. The number of amides is 1. The highest BCUT2D eigenvalue weighted by Crippen LogP contribution is 2.34. The number of hydrogen-bond acceptors (Lipinski definition) is 3. The van der Waals surface area contributed by atoms with Gasteiger partial charge in [-0.1, -0.05) is 23.8 Å². The number of nitrogens with two attached hydrogens (primary N) is 1. The Hall–Kier alpha value is -2.33. The standard InChI is InChI=1S/C17H16N2OS/c1-10-4-3-5-12(8-10)19-17(20)16-15(18)13-9-11(2)6-7-14(13)21-16/h3-9H,18H2,1-2H3,(H,19,20). The fraction of sp³-hybridized carbons (Fsp3) is 0.118. The lowest BCUT2D eigenvalue weighted by atomic mass is 10.1. The van der Waals surface area contributed by atoms with Crippen LogP contribution in [-0.2, 0) is 0 Å². The first kappa shape index (κ1) is 13.6. The third-order valence-electron chi connectivity index (χ3n) is 3.36. The lowest BCUT2D eigenvalue weighted by Gasteiger charge is -2.05. The summed E-state index contributed by atoms with van der Waals surface area (Å²) < 4.78 is 1.03. The maximum atomic E-state index is 12.4. The zero-order valence-electron chi connectivity index (χ0n) is 11.9. The molecule has 3 aromatic rings. The van der Waals surface area contributed by atoms with Crippen LogP contribution in [0.5, 0.6) is 0 Å². The van der Waals surface area contributed by atoms with Crippen molar-refractivity contribution in [2.45, 2.75) is 13.8 Å². The third-order valence-corrected chi connectivity index (χ3v) is 4.55. The van der Waals surface area contributed by atoms with E-state index in [-0.39, 0.29) is 5.91 Å². The van der Waals surface area contributed by atoms with Crippen LogP contribution in [0.4, 0.5) is 11.4 Å². The second-order valence-electron chi connectivity index (χ2n) is 5.17. The number of nitrogens with one attached hydrogen (secondary N) is 1. The van der Waals surface area contributed by atoms with Gasteiger partial charge < -0.3 is 11.1 Å². The van der Waals surface area contributed by atoms with Gasteiger partial charge in [-0.3, -0.25) is 4.79 Å². The molecule has 0 fully saturated rings. The minimum Gasteiger partial charge on any atom is -0.397 e. The van der Waals surface area contributed by atoms with Gasteiger partial charge in [0.2, 0.25) is 0 Å². The molecule has 1 amide bonds. The van der Waals surface area contributed by atoms with Gasteiger partial charge in [-0.2, -0.15) is 0 Å². The Morgan fingerprint density at radius 3 is 2.62 bits per heavy atom. The molecule has 0 aliphatic carbocycles. The van der Waals surface area contributed by atoms with Crippen LogP contribution >= 0.6 is 11.3 Å². The number of rotatable bonds is 2. The number of carbonyl (C=O) groups is 1. The summed E-state index contributed by atoms with van der Waals surface area (Å²) in [6, 6.07) is 13.8. The van der Waals surface area contributed by atoms with E-state index in [9.17, 15) is 4.79 Å². The summed E-state index contributed by atoms with van der Waals surface area (Å²) in [5.41, 5.74) is 9.73. The molecule has 0 saturated carbocycles. The molecule has 21 heavy (non-hydrogen) atoms. The van der Waals surface area contributed by atoms with E-state index in [1.54, 1.807) is 0 Å². The van der Waals surface area contributed by atoms with Gasteiger partial charge in [-0.05, 0) is 43.7 Å². The zero-order valence-corrected chi connectivity index (χ0v) is 12.8. The molecule has 4 heteroatoms. The normalized spacial score (nSPS) is 10.8. The summed E-state index contributed by atoms with van der Waals surface area (Å²) in [7, 11) is 0. The van der Waals surface area contributed by atoms with Crippen LogP contribution in [0, 0.1) is 13.8 Å². The van der Waals surface area contributed by atoms with Crippen molar-refractivity contribution in [2.24, 2.45) is 0 Å². The summed E-state index contributed by atoms with van der Waals surface area (Å²) in [5, 5.41) is 3.86. The highest BCUT2D eigenvalue weighted by molar-refractivity contribution is 7.21. The van der Waals surface area contributed by atoms with Crippen molar-refractivity contribution < 1.29 is 4.79 Å². The first-order valence-electron chi connectivity index (χ1n) is 6.71. The lowest BCUT2D eigenvalue weighted by molar-refractivity contribution is 0.103. The Morgan fingerprint density at radius 2 is 1.86 bits per heavy atom. The molecule has 0 aliphatic rings. The van der Waals surface area contributed by atoms with Gasteiger partial charge in [0.15, 0.2) is 0 Å². The van der Waals surface area contributed by atoms with Crippen LogP contribution < -0.4 is 11.1 Å². The molecule has 2 aromatic carbocycles. The second-order valence-corrected chi connectivity index (χ2v) is 6.22. The van der Waals surface area contributed by atoms with Gasteiger partial charge in [0, 0.05) is 15.8 Å². The van der Waals surface area contributed by atoms with Gasteiger partial charge in [0.05, 0.1) is 5.69 Å². The van der Waals surface area contributed by atoms with Gasteiger partial charge in [-0.15, -0.1) is 11.3 Å². The minimum atomic E-state index is -0.156. The molecule has 3 N–H and O–H groups in total. The van der Waals surface area contributed by atoms with Gasteiger partial charge in [0.25, 0.3) is 5.91 Å². The number of aryl methyl sites for hydroxylation is 2. The van der Waals surface area contributed by atoms with Crippen molar-refractivity contribution >= 4 is 38.7 Å². The van der Waals surface area contributed by atoms with Crippen LogP contribution in [0.2, 0.25) is 0 Å². The predicted octanol–water partition coefficient (Wildman–Crippen LogP) is 4.35. The molecular weight excluding hydrogens is 280 g/mol. The lowest BCUT2D eigenvalue weighted by Crippen LogP contribution is -2.11. The summed E-state index contributed by atoms with van der Waals surface area (Å²) in [6.07, 6.45) is 0. The van der Waals surface area contributed by atoms with E-state index < -0.39 is 0 Å². The number of thiophene rings is 1. The Kier molecular flexibility index (Phi) is 3.39. The van der Waals surface area contributed by atoms with E-state index in [2.05, 4.69) is 5.32 Å². The molecule has 3 nitrogen and oxygen atoms in total. The average Bonchev–Trinajstić information content (AvgIpc) is 2.76. The number of nitrogen functional groups attached to an aromatic ring is 1. The zero-order chi connectivity index (χ0) is 15.0. The highest BCUT2D eigenvalue weighted by Gasteiger charge is 2.16. The molecule has 0 radical (unpaired) electrons. The van der Waals surface area contributed by atoms with Crippen LogP contribution in [0.3, 0.4) is 0 Å². The molecule has 3 rings (SSSR count). The Labute approximate surface area is 127 Å². The van der Waals surface area contributed by atoms with Crippen LogP contribution in [0.15, 0.2) is 42.5 Å². The van der Waals surface area contributed by atoms with Crippen molar-refractivity contribution in [1.82, 2.24) is 0 Å². The van der Waals surface area contributed by atoms with Crippen LogP contribution in [0.25, 0.3) is 10.1 Å². The van der Waals surface area contributed by atoms with E-state index in [4.69, 9.17) is 5.73 Å². The maximum Gasteiger partial charge on any atom is 0.267 e. The molecule has 0 saturated heterocycles. The highest BCUT2D eigenvalue weighted by atomic mass is 32.1. The first-order chi connectivity index (χ1) is 10.0. The molecule has 1 heterocycles. The summed E-state index contributed by atoms with van der Waals surface area (Å²) in [5.74, 6) is -0.156. The topological polar surface area (TPSA) is 55.1 Å². The van der Waals surface area contributed by atoms with Gasteiger partial charge >= 0.3 is 0 Å². The number of benzene rings is 2. The smallest absolute Gasteiger partial charge is 0.267 e. The Bertz CT molecular complexity index is 836. The molecule has 1 aromatic heterocycles. The fourth-order valence-electron chi connectivity index (χ4n) is 2.31. The van der Waals surface area contributed by atoms with E-state index in [0.717, 1.165) is 26.9 Å². The first-order valence-corrected chi connectivity index (χ1v) is 7.53. The van der Waals surface area contributed by atoms with E-state index in [1.165, 1.54) is 11.3 Å². The van der Waals surface area contributed by atoms with Gasteiger partial charge in [-0.25, -0.2) is 0 Å². The summed E-state index contributed by atoms with van der Waals surface area (Å²) in [6.45, 7) is 4.01. The fourth-order valence-corrected chi connectivity index (χ4v) is 3.31. The Balaban J connectivity index is 1.96. The number of carbonyl (C=O) groups excluding carboxylic acids is 1. The van der Waals surface area contributed by atoms with Crippen molar-refractivity contribution in [3.05, 3.63) is 58.5 Å². The van der Waals surface area contributed by atoms with Gasteiger partial charge in [0.1, 0.15) is 4.88 Å². The van der Waals surface area contributed by atoms with E-state index >= 15 is 0 Å². The summed E-state index contributed by atoms with van der Waals surface area (Å²) >= 11 is 1.43. The maximum absolute atomic E-state index is 12.4. The SMILES string of the molecule is Cc1cccc(NC(=O)c2sc3ccc(C)cc3c2N)c1. The van der Waals surface area contributed by atoms with Crippen molar-refractivity contribution in [3.63, 3.8) is 0 Å². The molecule has 0 aliphatic heterocycles. The second kappa shape index (κ2) is 5.22. The molecule has 0 atom stereocenters. The van der Waals surface area contributed by atoms with E-state index in [1.807, 2.05) is 56.3 Å². The molecule has 0 spiro atoms. The third kappa shape index (κ3) is 2.62. The molecular formula is C17H16N2OS. The average molecular weight is 296 g/mol. The number of fused-ring (bicyclic) bond motifs is 1. The Morgan fingerprint density at radius 1 is 1.10 bits per heavy atom. The van der Waals surface area contributed by atoms with Crippen LogP contribution in [-0.4, -0.2) is 5.91 Å². The van der Waals surface area contributed by atoms with Crippen molar-refractivity contribution in [2.75, 3.05) is 11.1 Å².